The molecule has 0 aromatic heterocycles. The zero-order chi connectivity index (χ0) is 12.5. The summed E-state index contributed by atoms with van der Waals surface area (Å²) < 4.78 is 0. The molecule has 96 valence electrons. The Kier molecular flexibility index (Phi) is 3.63. The van der Waals surface area contributed by atoms with E-state index in [2.05, 4.69) is 34.5 Å². The number of rotatable bonds is 3. The monoisotopic (exact) mass is 255 g/mol. The van der Waals surface area contributed by atoms with Gasteiger partial charge in [0, 0.05) is 5.92 Å². The number of hydrogen-bond donors (Lipinski definition) is 3. The van der Waals surface area contributed by atoms with Gasteiger partial charge in [0.1, 0.15) is 0 Å². The van der Waals surface area contributed by atoms with E-state index in [-0.39, 0.29) is 5.92 Å². The van der Waals surface area contributed by atoms with E-state index in [1.165, 1.54) is 12.8 Å². The fraction of sp³-hybridized carbons (Fsp3) is 0.818. The van der Waals surface area contributed by atoms with E-state index in [0.29, 0.717) is 6.04 Å². The van der Waals surface area contributed by atoms with Gasteiger partial charge in [0.05, 0.1) is 6.04 Å². The molecule has 0 aromatic carbocycles. The molecule has 1 aliphatic heterocycles. The summed E-state index contributed by atoms with van der Waals surface area (Å²) in [7, 11) is 0. The van der Waals surface area contributed by atoms with Crippen molar-refractivity contribution < 1.29 is 0 Å². The second-order valence-electron chi connectivity index (χ2n) is 4.71. The first-order valence-corrected chi connectivity index (χ1v) is 7.35. The molecule has 0 bridgehead atoms. The minimum Gasteiger partial charge on any atom is -0.319 e. The smallest absolute Gasteiger partial charge is 0.200 e. The summed E-state index contributed by atoms with van der Waals surface area (Å²) in [6.45, 7) is 4.23. The molecule has 0 saturated heterocycles. The predicted molar refractivity (Wildman–Crippen MR) is 74.1 cm³/mol. The minimum atomic E-state index is -0.730. The van der Waals surface area contributed by atoms with Crippen LogP contribution in [0.5, 0.6) is 0 Å². The summed E-state index contributed by atoms with van der Waals surface area (Å²) in [4.78, 5) is 9.11. The molecule has 2 rings (SSSR count). The predicted octanol–water partition coefficient (Wildman–Crippen LogP) is 1.08. The number of guanidine groups is 1. The van der Waals surface area contributed by atoms with Crippen molar-refractivity contribution in [1.82, 2.24) is 10.6 Å². The van der Waals surface area contributed by atoms with Gasteiger partial charge in [0.25, 0.3) is 0 Å². The van der Waals surface area contributed by atoms with Crippen LogP contribution in [0.4, 0.5) is 0 Å². The molecule has 5 nitrogen and oxygen atoms in total. The molecular weight excluding hydrogens is 234 g/mol. The number of nitrogens with zero attached hydrogens (tertiary/aromatic N) is 2. The molecule has 2 unspecified atom stereocenters. The lowest BCUT2D eigenvalue weighted by Crippen LogP contribution is -2.65. The van der Waals surface area contributed by atoms with E-state index in [0.717, 1.165) is 17.5 Å². The van der Waals surface area contributed by atoms with Gasteiger partial charge in [-0.1, -0.05) is 25.6 Å². The van der Waals surface area contributed by atoms with Gasteiger partial charge >= 0.3 is 0 Å². The van der Waals surface area contributed by atoms with Crippen LogP contribution in [0.15, 0.2) is 9.98 Å². The molecule has 2 aliphatic rings. The number of nitrogens with two attached hydrogens (primary N) is 1. The van der Waals surface area contributed by atoms with Gasteiger partial charge in [0.2, 0.25) is 5.96 Å². The quantitative estimate of drug-likeness (QED) is 0.705. The average Bonchev–Trinajstić information content (AvgIpc) is 3.11. The molecule has 0 spiro atoms. The standard InChI is InChI=1S/C11H21N5S/c1-4-7(2)11(12)15-9(13-8-5-6-8)14-10(16-11)17-3/h7-8H,4-6,12H2,1-3H3,(H2,13,14,15,16). The molecule has 2 atom stereocenters. The van der Waals surface area contributed by atoms with Gasteiger partial charge in [-0.25, -0.2) is 9.98 Å². The Balaban J connectivity index is 2.20. The Bertz CT molecular complexity index is 350. The summed E-state index contributed by atoms with van der Waals surface area (Å²) in [5.41, 5.74) is 6.33. The van der Waals surface area contributed by atoms with Crippen LogP contribution in [0.2, 0.25) is 0 Å². The Morgan fingerprint density at radius 3 is 2.88 bits per heavy atom. The molecule has 6 heteroatoms. The molecule has 1 aliphatic carbocycles. The van der Waals surface area contributed by atoms with Crippen LogP contribution in [-0.4, -0.2) is 29.2 Å². The number of amidine groups is 1. The average molecular weight is 255 g/mol. The zero-order valence-electron chi connectivity index (χ0n) is 10.7. The van der Waals surface area contributed by atoms with Gasteiger partial charge in [-0.2, -0.15) is 0 Å². The van der Waals surface area contributed by atoms with Crippen LogP contribution in [0.25, 0.3) is 0 Å². The van der Waals surface area contributed by atoms with Gasteiger partial charge < -0.3 is 10.6 Å². The topological polar surface area (TPSA) is 74.8 Å². The van der Waals surface area contributed by atoms with Crippen molar-refractivity contribution in [2.24, 2.45) is 21.6 Å². The van der Waals surface area contributed by atoms with Crippen LogP contribution in [-0.2, 0) is 0 Å². The lowest BCUT2D eigenvalue weighted by molar-refractivity contribution is 0.264. The highest BCUT2D eigenvalue weighted by molar-refractivity contribution is 8.13. The van der Waals surface area contributed by atoms with Crippen LogP contribution >= 0.6 is 11.8 Å². The van der Waals surface area contributed by atoms with Crippen LogP contribution in [0, 0.1) is 5.92 Å². The molecule has 1 saturated carbocycles. The summed E-state index contributed by atoms with van der Waals surface area (Å²) in [5, 5.41) is 7.25. The SMILES string of the molecule is CCC(C)C1(N)N=C(SC)NC(=NC2CC2)N1. The Labute approximate surface area is 107 Å². The molecule has 0 radical (unpaired) electrons. The highest BCUT2D eigenvalue weighted by Gasteiger charge is 2.36. The number of aliphatic imine (C=N–C) groups is 2. The van der Waals surface area contributed by atoms with Crippen molar-refractivity contribution in [3.8, 4) is 0 Å². The molecule has 4 N–H and O–H groups in total. The lowest BCUT2D eigenvalue weighted by Gasteiger charge is -2.37. The maximum absolute atomic E-state index is 6.33. The van der Waals surface area contributed by atoms with Crippen molar-refractivity contribution in [2.75, 3.05) is 6.26 Å². The first-order valence-electron chi connectivity index (χ1n) is 6.13. The molecule has 1 heterocycles. The van der Waals surface area contributed by atoms with E-state index >= 15 is 0 Å². The number of thioether (sulfide) groups is 1. The fourth-order valence-electron chi connectivity index (χ4n) is 1.64. The van der Waals surface area contributed by atoms with Crippen LogP contribution < -0.4 is 16.4 Å². The van der Waals surface area contributed by atoms with Crippen LogP contribution in [0.3, 0.4) is 0 Å². The summed E-state index contributed by atoms with van der Waals surface area (Å²) in [6.07, 6.45) is 5.33. The van der Waals surface area contributed by atoms with E-state index in [1.54, 1.807) is 11.8 Å². The van der Waals surface area contributed by atoms with Crippen molar-refractivity contribution in [1.29, 1.82) is 0 Å². The summed E-state index contributed by atoms with van der Waals surface area (Å²) >= 11 is 1.57. The first kappa shape index (κ1) is 12.7. The molecule has 1 fully saturated rings. The molecule has 17 heavy (non-hydrogen) atoms. The fourth-order valence-corrected chi connectivity index (χ4v) is 2.08. The highest BCUT2D eigenvalue weighted by atomic mass is 32.2. The maximum Gasteiger partial charge on any atom is 0.200 e. The van der Waals surface area contributed by atoms with E-state index in [9.17, 15) is 0 Å². The third-order valence-corrected chi connectivity index (χ3v) is 3.83. The summed E-state index contributed by atoms with van der Waals surface area (Å²) in [6, 6.07) is 0.465. The van der Waals surface area contributed by atoms with Gasteiger partial charge in [-0.05, 0) is 25.5 Å². The Morgan fingerprint density at radius 2 is 2.35 bits per heavy atom. The van der Waals surface area contributed by atoms with E-state index in [1.807, 2.05) is 6.26 Å². The normalized spacial score (nSPS) is 32.7. The lowest BCUT2D eigenvalue weighted by atomic mass is 10.0. The maximum atomic E-state index is 6.33. The third-order valence-electron chi connectivity index (χ3n) is 3.25. The Morgan fingerprint density at radius 1 is 1.65 bits per heavy atom. The largest absolute Gasteiger partial charge is 0.319 e. The molecule has 0 amide bonds. The van der Waals surface area contributed by atoms with E-state index in [4.69, 9.17) is 5.73 Å². The number of nitrogens with one attached hydrogen (secondary N) is 2. The third kappa shape index (κ3) is 2.93. The van der Waals surface area contributed by atoms with Gasteiger partial charge in [0.15, 0.2) is 11.0 Å². The van der Waals surface area contributed by atoms with Crippen molar-refractivity contribution in [3.05, 3.63) is 0 Å². The highest BCUT2D eigenvalue weighted by Crippen LogP contribution is 2.25. The Hall–Kier alpha value is -0.750. The molecule has 0 aromatic rings. The van der Waals surface area contributed by atoms with Gasteiger partial charge in [-0.15, -0.1) is 0 Å². The number of hydrogen-bond acceptors (Lipinski definition) is 4. The van der Waals surface area contributed by atoms with Crippen molar-refractivity contribution in [2.45, 2.75) is 44.9 Å². The first-order chi connectivity index (χ1) is 8.07. The van der Waals surface area contributed by atoms with Crippen molar-refractivity contribution >= 4 is 22.9 Å². The van der Waals surface area contributed by atoms with Gasteiger partial charge in [-0.3, -0.25) is 5.73 Å². The van der Waals surface area contributed by atoms with Crippen molar-refractivity contribution in [3.63, 3.8) is 0 Å². The molecular formula is C11H21N5S. The zero-order valence-corrected chi connectivity index (χ0v) is 11.5. The second kappa shape index (κ2) is 4.86. The second-order valence-corrected chi connectivity index (χ2v) is 5.51. The summed E-state index contributed by atoms with van der Waals surface area (Å²) in [5.74, 6) is 0.303. The minimum absolute atomic E-state index is 0.260. The van der Waals surface area contributed by atoms with Crippen LogP contribution in [0.1, 0.15) is 33.1 Å². The van der Waals surface area contributed by atoms with E-state index < -0.39 is 5.79 Å².